The van der Waals surface area contributed by atoms with Crippen LogP contribution in [0.3, 0.4) is 0 Å². The van der Waals surface area contributed by atoms with E-state index in [1.165, 1.54) is 11.1 Å². The maximum atomic E-state index is 10.7. The molecule has 0 amide bonds. The summed E-state index contributed by atoms with van der Waals surface area (Å²) in [6.45, 7) is 2.06. The van der Waals surface area contributed by atoms with Gasteiger partial charge < -0.3 is 5.32 Å². The Morgan fingerprint density at radius 3 is 2.48 bits per heavy atom. The minimum atomic E-state index is -0.378. The van der Waals surface area contributed by atoms with Crippen molar-refractivity contribution in [3.63, 3.8) is 0 Å². The predicted octanol–water partition coefficient (Wildman–Crippen LogP) is 4.17. The number of likely N-dealkylation sites (N-methyl/N-ethyl adjacent to an activating group) is 1. The van der Waals surface area contributed by atoms with Crippen LogP contribution in [0.4, 0.5) is 5.69 Å². The Bertz CT molecular complexity index is 641. The van der Waals surface area contributed by atoms with Crippen LogP contribution < -0.4 is 5.32 Å². The van der Waals surface area contributed by atoms with E-state index in [9.17, 15) is 10.1 Å². The lowest BCUT2D eigenvalue weighted by Crippen LogP contribution is -2.19. The molecule has 21 heavy (non-hydrogen) atoms. The van der Waals surface area contributed by atoms with Crippen LogP contribution in [0, 0.1) is 17.0 Å². The van der Waals surface area contributed by atoms with Crippen LogP contribution in [0.5, 0.6) is 0 Å². The van der Waals surface area contributed by atoms with E-state index in [-0.39, 0.29) is 16.7 Å². The monoisotopic (exact) mass is 348 g/mol. The summed E-state index contributed by atoms with van der Waals surface area (Å²) in [6, 6.07) is 13.1. The fraction of sp³-hybridized carbons (Fsp3) is 0.250. The largest absolute Gasteiger partial charge is 0.313 e. The van der Waals surface area contributed by atoms with E-state index in [0.717, 1.165) is 16.5 Å². The molecule has 0 spiro atoms. The third-order valence-corrected chi connectivity index (χ3v) is 4.62. The van der Waals surface area contributed by atoms with Crippen molar-refractivity contribution < 1.29 is 4.92 Å². The molecule has 4 nitrogen and oxygen atoms in total. The van der Waals surface area contributed by atoms with Gasteiger partial charge in [0.25, 0.3) is 5.69 Å². The highest BCUT2D eigenvalue weighted by atomic mass is 79.9. The fourth-order valence-electron chi connectivity index (χ4n) is 2.30. The van der Waals surface area contributed by atoms with Crippen molar-refractivity contribution in [2.75, 3.05) is 7.05 Å². The summed E-state index contributed by atoms with van der Waals surface area (Å²) in [5, 5.41) is 14.0. The number of nitro benzene ring substituents is 1. The van der Waals surface area contributed by atoms with Crippen molar-refractivity contribution in [2.24, 2.45) is 0 Å². The first-order valence-corrected chi connectivity index (χ1v) is 7.48. The van der Waals surface area contributed by atoms with E-state index in [4.69, 9.17) is 0 Å². The number of nitrogens with zero attached hydrogens (tertiary/aromatic N) is 1. The Morgan fingerprint density at radius 2 is 1.90 bits per heavy atom. The Hall–Kier alpha value is -1.72. The van der Waals surface area contributed by atoms with Gasteiger partial charge in [-0.3, -0.25) is 10.1 Å². The molecule has 0 aromatic heterocycles. The molecule has 0 fully saturated rings. The quantitative estimate of drug-likeness (QED) is 0.651. The lowest BCUT2D eigenvalue weighted by Gasteiger charge is -2.19. The number of aryl methyl sites for hydroxylation is 1. The van der Waals surface area contributed by atoms with Crippen molar-refractivity contribution in [2.45, 2.75) is 19.4 Å². The SMILES string of the molecule is CNC(Cc1ccc([N+](=O)[O-])cc1)c1cccc(C)c1Br. The summed E-state index contributed by atoms with van der Waals surface area (Å²) in [5.74, 6) is 0. The Kier molecular flexibility index (Phi) is 5.09. The average molecular weight is 349 g/mol. The van der Waals surface area contributed by atoms with Crippen molar-refractivity contribution in [1.82, 2.24) is 5.32 Å². The standard InChI is InChI=1S/C16H17BrN2O2/c1-11-4-3-5-14(16(11)17)15(18-2)10-12-6-8-13(9-7-12)19(20)21/h3-9,15,18H,10H2,1-2H3. The molecule has 0 saturated heterocycles. The second-order valence-corrected chi connectivity index (χ2v) is 5.74. The van der Waals surface area contributed by atoms with Crippen LogP contribution in [0.25, 0.3) is 0 Å². The summed E-state index contributed by atoms with van der Waals surface area (Å²) >= 11 is 3.64. The molecule has 1 unspecified atom stereocenters. The molecule has 0 aliphatic rings. The first-order valence-electron chi connectivity index (χ1n) is 6.68. The van der Waals surface area contributed by atoms with Gasteiger partial charge in [0.1, 0.15) is 0 Å². The number of nitrogens with one attached hydrogen (secondary N) is 1. The minimum Gasteiger partial charge on any atom is -0.313 e. The minimum absolute atomic E-state index is 0.122. The van der Waals surface area contributed by atoms with Crippen LogP contribution in [0.1, 0.15) is 22.7 Å². The van der Waals surface area contributed by atoms with Gasteiger partial charge >= 0.3 is 0 Å². The molecule has 0 bridgehead atoms. The van der Waals surface area contributed by atoms with Gasteiger partial charge in [-0.15, -0.1) is 0 Å². The normalized spacial score (nSPS) is 12.1. The molecule has 110 valence electrons. The first-order chi connectivity index (χ1) is 10.0. The molecule has 0 saturated carbocycles. The van der Waals surface area contributed by atoms with Gasteiger partial charge in [0, 0.05) is 22.6 Å². The Morgan fingerprint density at radius 1 is 1.24 bits per heavy atom. The second-order valence-electron chi connectivity index (χ2n) is 4.95. The topological polar surface area (TPSA) is 55.2 Å². The lowest BCUT2D eigenvalue weighted by atomic mass is 9.97. The summed E-state index contributed by atoms with van der Waals surface area (Å²) in [7, 11) is 1.92. The van der Waals surface area contributed by atoms with E-state index < -0.39 is 0 Å². The van der Waals surface area contributed by atoms with Gasteiger partial charge in [0.05, 0.1) is 4.92 Å². The summed E-state index contributed by atoms with van der Waals surface area (Å²) in [4.78, 5) is 10.3. The third kappa shape index (κ3) is 3.68. The number of nitro groups is 1. The van der Waals surface area contributed by atoms with Crippen LogP contribution in [-0.4, -0.2) is 12.0 Å². The molecule has 2 aromatic rings. The second kappa shape index (κ2) is 6.83. The molecule has 2 rings (SSSR count). The molecule has 5 heteroatoms. The van der Waals surface area contributed by atoms with E-state index in [0.29, 0.717) is 0 Å². The summed E-state index contributed by atoms with van der Waals surface area (Å²) in [5.41, 5.74) is 3.57. The molecule has 0 heterocycles. The van der Waals surface area contributed by atoms with Crippen LogP contribution in [0.2, 0.25) is 0 Å². The van der Waals surface area contributed by atoms with Crippen molar-refractivity contribution in [3.8, 4) is 0 Å². The summed E-state index contributed by atoms with van der Waals surface area (Å²) in [6.07, 6.45) is 0.774. The van der Waals surface area contributed by atoms with E-state index >= 15 is 0 Å². The number of halogens is 1. The van der Waals surface area contributed by atoms with Crippen LogP contribution >= 0.6 is 15.9 Å². The maximum Gasteiger partial charge on any atom is 0.269 e. The van der Waals surface area contributed by atoms with E-state index in [1.807, 2.05) is 25.2 Å². The smallest absolute Gasteiger partial charge is 0.269 e. The van der Waals surface area contributed by atoms with E-state index in [1.54, 1.807) is 12.1 Å². The van der Waals surface area contributed by atoms with Gasteiger partial charge in [0.2, 0.25) is 0 Å². The molecule has 1 N–H and O–H groups in total. The lowest BCUT2D eigenvalue weighted by molar-refractivity contribution is -0.384. The Balaban J connectivity index is 2.23. The van der Waals surface area contributed by atoms with E-state index in [2.05, 4.69) is 40.3 Å². The van der Waals surface area contributed by atoms with Crippen LogP contribution in [0.15, 0.2) is 46.9 Å². The maximum absolute atomic E-state index is 10.7. The van der Waals surface area contributed by atoms with Gasteiger partial charge in [-0.25, -0.2) is 0 Å². The Labute approximate surface area is 132 Å². The number of non-ortho nitro benzene ring substituents is 1. The van der Waals surface area contributed by atoms with Gasteiger partial charge in [0.15, 0.2) is 0 Å². The first kappa shape index (κ1) is 15.7. The number of hydrogen-bond donors (Lipinski definition) is 1. The van der Waals surface area contributed by atoms with Gasteiger partial charge in [-0.05, 0) is 37.1 Å². The zero-order valence-corrected chi connectivity index (χ0v) is 13.6. The molecule has 2 aromatic carbocycles. The van der Waals surface area contributed by atoms with Gasteiger partial charge in [-0.2, -0.15) is 0 Å². The fourth-order valence-corrected chi connectivity index (χ4v) is 2.84. The van der Waals surface area contributed by atoms with Crippen molar-refractivity contribution in [3.05, 3.63) is 73.7 Å². The third-order valence-electron chi connectivity index (χ3n) is 3.53. The molecule has 0 aliphatic carbocycles. The molecular weight excluding hydrogens is 332 g/mol. The molecule has 1 atom stereocenters. The van der Waals surface area contributed by atoms with Crippen molar-refractivity contribution in [1.29, 1.82) is 0 Å². The molecule has 0 radical (unpaired) electrons. The van der Waals surface area contributed by atoms with Crippen LogP contribution in [-0.2, 0) is 6.42 Å². The number of hydrogen-bond acceptors (Lipinski definition) is 3. The molecular formula is C16H17BrN2O2. The zero-order valence-electron chi connectivity index (χ0n) is 12.0. The highest BCUT2D eigenvalue weighted by Crippen LogP contribution is 2.29. The predicted molar refractivity (Wildman–Crippen MR) is 87.5 cm³/mol. The zero-order chi connectivity index (χ0) is 15.4. The number of rotatable bonds is 5. The van der Waals surface area contributed by atoms with Crippen molar-refractivity contribution >= 4 is 21.6 Å². The van der Waals surface area contributed by atoms with Gasteiger partial charge in [-0.1, -0.05) is 46.3 Å². The highest BCUT2D eigenvalue weighted by molar-refractivity contribution is 9.10. The molecule has 0 aliphatic heterocycles. The average Bonchev–Trinajstić information content (AvgIpc) is 2.48. The highest BCUT2D eigenvalue weighted by Gasteiger charge is 2.15. The summed E-state index contributed by atoms with van der Waals surface area (Å²) < 4.78 is 1.10. The number of benzene rings is 2.